The third-order valence-corrected chi connectivity index (χ3v) is 7.24. The van der Waals surface area contributed by atoms with Crippen LogP contribution in [0.5, 0.6) is 23.0 Å². The van der Waals surface area contributed by atoms with Crippen molar-refractivity contribution in [3.05, 3.63) is 36.4 Å². The summed E-state index contributed by atoms with van der Waals surface area (Å²) in [6.45, 7) is 3.71. The highest BCUT2D eigenvalue weighted by atomic mass is 19.3. The van der Waals surface area contributed by atoms with Gasteiger partial charge in [-0.3, -0.25) is 24.5 Å². The Kier molecular flexibility index (Phi) is 9.21. The molecule has 0 unspecified atom stereocenters. The SMILES string of the molecule is COc1ccccc1N1CCN(CCN(C(=O)C2CCCCC2)c2ccc(OF)c(OF)c2OF)CC1. The Labute approximate surface area is 214 Å². The Balaban J connectivity index is 1.50. The van der Waals surface area contributed by atoms with Crippen molar-refractivity contribution in [1.82, 2.24) is 4.90 Å². The molecule has 0 bridgehead atoms. The number of piperazine rings is 1. The van der Waals surface area contributed by atoms with Gasteiger partial charge in [0, 0.05) is 58.8 Å². The van der Waals surface area contributed by atoms with Gasteiger partial charge in [0.2, 0.25) is 17.4 Å². The number of nitrogens with zero attached hydrogens (tertiary/aromatic N) is 3. The first-order valence-corrected chi connectivity index (χ1v) is 12.6. The Morgan fingerprint density at radius 2 is 1.59 bits per heavy atom. The number of methoxy groups -OCH3 is 1. The van der Waals surface area contributed by atoms with Gasteiger partial charge in [0.05, 0.1) is 18.5 Å². The highest BCUT2D eigenvalue weighted by molar-refractivity contribution is 5.97. The van der Waals surface area contributed by atoms with Gasteiger partial charge in [0.25, 0.3) is 5.75 Å². The minimum atomic E-state index is -0.908. The van der Waals surface area contributed by atoms with E-state index in [0.29, 0.717) is 6.54 Å². The average molecular weight is 524 g/mol. The van der Waals surface area contributed by atoms with E-state index in [-0.39, 0.29) is 24.1 Å². The first-order valence-electron chi connectivity index (χ1n) is 12.6. The van der Waals surface area contributed by atoms with Crippen molar-refractivity contribution in [3.8, 4) is 23.0 Å². The van der Waals surface area contributed by atoms with E-state index in [4.69, 9.17) is 4.74 Å². The average Bonchev–Trinajstić information content (AvgIpc) is 2.97. The second-order valence-corrected chi connectivity index (χ2v) is 9.30. The number of benzene rings is 2. The highest BCUT2D eigenvalue weighted by Gasteiger charge is 2.32. The van der Waals surface area contributed by atoms with Crippen LogP contribution in [-0.4, -0.2) is 57.2 Å². The quantitative estimate of drug-likeness (QED) is 0.423. The van der Waals surface area contributed by atoms with Crippen LogP contribution in [0.25, 0.3) is 0 Å². The number of hydrogen-bond donors (Lipinski definition) is 0. The van der Waals surface area contributed by atoms with Gasteiger partial charge in [-0.25, -0.2) is 0 Å². The molecule has 1 aliphatic carbocycles. The summed E-state index contributed by atoms with van der Waals surface area (Å²) in [7, 11) is 1.65. The van der Waals surface area contributed by atoms with E-state index in [2.05, 4.69) is 24.6 Å². The summed E-state index contributed by atoms with van der Waals surface area (Å²) in [5, 5.41) is 0. The smallest absolute Gasteiger partial charge is 0.266 e. The van der Waals surface area contributed by atoms with Gasteiger partial charge < -0.3 is 14.5 Å². The zero-order valence-corrected chi connectivity index (χ0v) is 20.8. The number of carbonyl (C=O) groups excluding carboxylic acids is 1. The molecule has 1 heterocycles. The monoisotopic (exact) mass is 523 g/mol. The molecule has 1 aliphatic heterocycles. The number of anilines is 2. The number of hydrogen-bond acceptors (Lipinski definition) is 7. The summed E-state index contributed by atoms with van der Waals surface area (Å²) >= 11 is 0. The minimum absolute atomic E-state index is 0.0424. The van der Waals surface area contributed by atoms with Crippen molar-refractivity contribution in [2.75, 3.05) is 56.2 Å². The second-order valence-electron chi connectivity index (χ2n) is 9.30. The lowest BCUT2D eigenvalue weighted by Crippen LogP contribution is -2.49. The van der Waals surface area contributed by atoms with E-state index in [1.54, 1.807) is 7.11 Å². The molecule has 1 saturated carbocycles. The van der Waals surface area contributed by atoms with Crippen LogP contribution in [0.2, 0.25) is 0 Å². The van der Waals surface area contributed by atoms with Crippen molar-refractivity contribution in [3.63, 3.8) is 0 Å². The molecular formula is C26H32F3N3O5. The zero-order valence-electron chi connectivity index (χ0n) is 20.8. The lowest BCUT2D eigenvalue weighted by molar-refractivity contribution is -0.123. The second kappa shape index (κ2) is 12.8. The van der Waals surface area contributed by atoms with Crippen molar-refractivity contribution >= 4 is 17.3 Å². The summed E-state index contributed by atoms with van der Waals surface area (Å²) in [6.07, 6.45) is 4.35. The fraction of sp³-hybridized carbons (Fsp3) is 0.500. The maximum atomic E-state index is 13.6. The van der Waals surface area contributed by atoms with Crippen LogP contribution < -0.4 is 29.4 Å². The molecule has 37 heavy (non-hydrogen) atoms. The molecule has 0 N–H and O–H groups in total. The zero-order chi connectivity index (χ0) is 26.2. The fourth-order valence-corrected chi connectivity index (χ4v) is 5.22. The predicted octanol–water partition coefficient (Wildman–Crippen LogP) is 5.22. The summed E-state index contributed by atoms with van der Waals surface area (Å²) in [5.41, 5.74) is 0.983. The highest BCUT2D eigenvalue weighted by Crippen LogP contribution is 2.46. The molecule has 2 aromatic carbocycles. The van der Waals surface area contributed by atoms with Crippen LogP contribution in [0.15, 0.2) is 36.4 Å². The van der Waals surface area contributed by atoms with E-state index in [0.717, 1.165) is 75.8 Å². The minimum Gasteiger partial charge on any atom is -0.495 e. The van der Waals surface area contributed by atoms with Gasteiger partial charge in [-0.05, 0) is 37.1 Å². The lowest BCUT2D eigenvalue weighted by Gasteiger charge is -2.38. The fourth-order valence-electron chi connectivity index (χ4n) is 5.22. The molecule has 2 aromatic rings. The Morgan fingerprint density at radius 1 is 0.892 bits per heavy atom. The largest absolute Gasteiger partial charge is 0.495 e. The van der Waals surface area contributed by atoms with Crippen molar-refractivity contribution in [2.45, 2.75) is 32.1 Å². The van der Waals surface area contributed by atoms with Gasteiger partial charge in [-0.2, -0.15) is 0 Å². The maximum Gasteiger partial charge on any atom is 0.266 e. The topological polar surface area (TPSA) is 63.7 Å². The molecule has 1 saturated heterocycles. The van der Waals surface area contributed by atoms with E-state index in [1.165, 1.54) is 11.0 Å². The van der Waals surface area contributed by atoms with Crippen molar-refractivity contribution in [2.24, 2.45) is 5.92 Å². The standard InChI is InChI=1S/C26H32F3N3O5/c1-34-22-10-6-5-9-20(22)31-16-13-30(14-17-31)15-18-32(26(33)19-7-3-2-4-8-19)21-11-12-23(35-27)25(37-29)24(21)36-28/h5-6,9-12,19H,2-4,7-8,13-18H2,1H3. The summed E-state index contributed by atoms with van der Waals surface area (Å²) < 4.78 is 45.1. The number of rotatable bonds is 10. The van der Waals surface area contributed by atoms with E-state index >= 15 is 0 Å². The van der Waals surface area contributed by atoms with Gasteiger partial charge in [-0.15, -0.1) is 0 Å². The maximum absolute atomic E-state index is 13.6. The van der Waals surface area contributed by atoms with Crippen LogP contribution in [0.4, 0.5) is 25.0 Å². The van der Waals surface area contributed by atoms with Gasteiger partial charge in [0.1, 0.15) is 5.75 Å². The Bertz CT molecular complexity index is 1050. The Hall–Kier alpha value is -3.34. The molecule has 202 valence electrons. The van der Waals surface area contributed by atoms with Gasteiger partial charge in [0.15, 0.2) is 0 Å². The third kappa shape index (κ3) is 5.98. The van der Waals surface area contributed by atoms with Crippen LogP contribution in [-0.2, 0) is 4.79 Å². The molecule has 0 aromatic heterocycles. The molecular weight excluding hydrogens is 491 g/mol. The lowest BCUT2D eigenvalue weighted by atomic mass is 9.88. The van der Waals surface area contributed by atoms with Crippen LogP contribution in [0.1, 0.15) is 32.1 Å². The van der Waals surface area contributed by atoms with Crippen LogP contribution in [0.3, 0.4) is 0 Å². The normalized spacial score (nSPS) is 16.8. The molecule has 1 amide bonds. The van der Waals surface area contributed by atoms with Gasteiger partial charge >= 0.3 is 0 Å². The molecule has 0 spiro atoms. The predicted molar refractivity (Wildman–Crippen MR) is 132 cm³/mol. The van der Waals surface area contributed by atoms with Gasteiger partial charge in [-0.1, -0.05) is 31.4 Å². The van der Waals surface area contributed by atoms with Crippen LogP contribution in [0, 0.1) is 5.92 Å². The molecule has 2 fully saturated rings. The molecule has 11 heteroatoms. The Morgan fingerprint density at radius 3 is 2.24 bits per heavy atom. The van der Waals surface area contributed by atoms with E-state index < -0.39 is 17.2 Å². The molecule has 0 radical (unpaired) electrons. The van der Waals surface area contributed by atoms with Crippen molar-refractivity contribution in [1.29, 1.82) is 0 Å². The summed E-state index contributed by atoms with van der Waals surface area (Å²) in [6, 6.07) is 10.2. The summed E-state index contributed by atoms with van der Waals surface area (Å²) in [4.78, 5) is 30.5. The molecule has 2 aliphatic rings. The number of para-hydroxylation sites is 2. The molecule has 8 nitrogen and oxygen atoms in total. The summed E-state index contributed by atoms with van der Waals surface area (Å²) in [5.74, 6) is -1.99. The first kappa shape index (κ1) is 26.7. The van der Waals surface area contributed by atoms with Crippen LogP contribution >= 0.6 is 0 Å². The molecule has 4 rings (SSSR count). The van der Waals surface area contributed by atoms with Crippen molar-refractivity contribution < 1.29 is 37.9 Å². The first-order chi connectivity index (χ1) is 18.1. The number of carbonyl (C=O) groups is 1. The number of ether oxygens (including phenoxy) is 1. The number of halogens is 3. The third-order valence-electron chi connectivity index (χ3n) is 7.24. The van der Waals surface area contributed by atoms with E-state index in [9.17, 15) is 18.4 Å². The number of amides is 1. The molecule has 0 atom stereocenters. The van der Waals surface area contributed by atoms with E-state index in [1.807, 2.05) is 24.3 Å².